The summed E-state index contributed by atoms with van der Waals surface area (Å²) in [5.74, 6) is 0.0275. The Labute approximate surface area is 171 Å². The van der Waals surface area contributed by atoms with E-state index >= 15 is 0 Å². The summed E-state index contributed by atoms with van der Waals surface area (Å²) in [6.45, 7) is 1.04. The van der Waals surface area contributed by atoms with Gasteiger partial charge in [0.2, 0.25) is 5.91 Å². The summed E-state index contributed by atoms with van der Waals surface area (Å²) in [5.41, 5.74) is 1.42. The summed E-state index contributed by atoms with van der Waals surface area (Å²) in [7, 11) is 0. The Morgan fingerprint density at radius 1 is 1.27 bits per heavy atom. The van der Waals surface area contributed by atoms with Gasteiger partial charge in [-0.15, -0.1) is 0 Å². The Morgan fingerprint density at radius 3 is 2.87 bits per heavy atom. The molecule has 0 radical (unpaired) electrons. The lowest BCUT2D eigenvalue weighted by Gasteiger charge is -2.18. The molecule has 0 saturated heterocycles. The summed E-state index contributed by atoms with van der Waals surface area (Å²) < 4.78 is 44.5. The van der Waals surface area contributed by atoms with Gasteiger partial charge in [0.15, 0.2) is 6.61 Å². The number of pyridine rings is 1. The van der Waals surface area contributed by atoms with Gasteiger partial charge in [-0.3, -0.25) is 9.78 Å². The third-order valence-electron chi connectivity index (χ3n) is 5.33. The number of fused-ring (bicyclic) bond motifs is 1. The maximum Gasteiger partial charge on any atom is 0.422 e. The SMILES string of the molecule is C[C@@H](NC(=O)[C@@H]1C[C@H]1Cn1ccc2ccccc21)c1ncccc1OCC(F)(F)F. The lowest BCUT2D eigenvalue weighted by molar-refractivity contribution is -0.153. The van der Waals surface area contributed by atoms with E-state index in [0.29, 0.717) is 0 Å². The first-order valence-corrected chi connectivity index (χ1v) is 9.80. The van der Waals surface area contributed by atoms with Crippen molar-refractivity contribution in [3.8, 4) is 5.75 Å². The average Bonchev–Trinajstić information content (AvgIpc) is 3.37. The van der Waals surface area contributed by atoms with E-state index in [2.05, 4.69) is 33.1 Å². The number of hydrogen-bond acceptors (Lipinski definition) is 3. The van der Waals surface area contributed by atoms with E-state index in [1.165, 1.54) is 18.3 Å². The molecule has 1 fully saturated rings. The number of carbonyl (C=O) groups is 1. The fourth-order valence-corrected chi connectivity index (χ4v) is 3.72. The van der Waals surface area contributed by atoms with Crippen molar-refractivity contribution < 1.29 is 22.7 Å². The van der Waals surface area contributed by atoms with Crippen molar-refractivity contribution in [2.45, 2.75) is 32.1 Å². The van der Waals surface area contributed by atoms with Gasteiger partial charge in [0.25, 0.3) is 0 Å². The van der Waals surface area contributed by atoms with Crippen molar-refractivity contribution >= 4 is 16.8 Å². The van der Waals surface area contributed by atoms with Crippen molar-refractivity contribution in [2.24, 2.45) is 11.8 Å². The number of nitrogens with zero attached hydrogens (tertiary/aromatic N) is 2. The van der Waals surface area contributed by atoms with Gasteiger partial charge in [-0.05, 0) is 48.9 Å². The molecular weight excluding hydrogens is 395 g/mol. The number of amides is 1. The van der Waals surface area contributed by atoms with Crippen molar-refractivity contribution in [3.05, 3.63) is 60.6 Å². The van der Waals surface area contributed by atoms with E-state index in [1.54, 1.807) is 6.92 Å². The second-order valence-corrected chi connectivity index (χ2v) is 7.65. The molecule has 158 valence electrons. The Morgan fingerprint density at radius 2 is 2.07 bits per heavy atom. The third-order valence-corrected chi connectivity index (χ3v) is 5.33. The van der Waals surface area contributed by atoms with Crippen LogP contribution in [0.1, 0.15) is 25.1 Å². The number of alkyl halides is 3. The van der Waals surface area contributed by atoms with E-state index in [4.69, 9.17) is 4.74 Å². The second kappa shape index (κ2) is 8.01. The van der Waals surface area contributed by atoms with Gasteiger partial charge in [0, 0.05) is 30.4 Å². The minimum absolute atomic E-state index is 0.0220. The molecule has 2 heterocycles. The molecule has 0 bridgehead atoms. The summed E-state index contributed by atoms with van der Waals surface area (Å²) in [4.78, 5) is 16.8. The van der Waals surface area contributed by atoms with E-state index in [9.17, 15) is 18.0 Å². The molecule has 1 aliphatic rings. The normalized spacial score (nSPS) is 19.5. The third kappa shape index (κ3) is 4.58. The molecule has 8 heteroatoms. The molecule has 0 aliphatic heterocycles. The lowest BCUT2D eigenvalue weighted by Crippen LogP contribution is -2.30. The fourth-order valence-electron chi connectivity index (χ4n) is 3.72. The van der Waals surface area contributed by atoms with Gasteiger partial charge >= 0.3 is 6.18 Å². The largest absolute Gasteiger partial charge is 0.482 e. The fraction of sp³-hybridized carbons (Fsp3) is 0.364. The first kappa shape index (κ1) is 20.3. The van der Waals surface area contributed by atoms with Gasteiger partial charge in [0.05, 0.1) is 6.04 Å². The van der Waals surface area contributed by atoms with Crippen LogP contribution in [0.25, 0.3) is 10.9 Å². The lowest BCUT2D eigenvalue weighted by atomic mass is 10.1. The predicted molar refractivity (Wildman–Crippen MR) is 106 cm³/mol. The van der Waals surface area contributed by atoms with E-state index in [-0.39, 0.29) is 29.2 Å². The van der Waals surface area contributed by atoms with Crippen LogP contribution in [0.15, 0.2) is 54.9 Å². The van der Waals surface area contributed by atoms with Crippen LogP contribution in [0.2, 0.25) is 0 Å². The standard InChI is InChI=1S/C22H22F3N3O2/c1-14(20-19(7-4-9-26-20)30-13-22(23,24)25)27-21(29)17-11-16(17)12-28-10-8-15-5-2-3-6-18(15)28/h2-10,14,16-17H,11-13H2,1H3,(H,27,29)/t14-,16+,17-/m1/s1. The van der Waals surface area contributed by atoms with Crippen LogP contribution in [-0.2, 0) is 11.3 Å². The highest BCUT2D eigenvalue weighted by molar-refractivity contribution is 5.82. The van der Waals surface area contributed by atoms with Crippen LogP contribution >= 0.6 is 0 Å². The molecule has 1 saturated carbocycles. The molecule has 0 spiro atoms. The van der Waals surface area contributed by atoms with Crippen molar-refractivity contribution in [1.82, 2.24) is 14.9 Å². The molecule has 1 amide bonds. The Bertz CT molecular complexity index is 1050. The van der Waals surface area contributed by atoms with Gasteiger partial charge in [-0.25, -0.2) is 0 Å². The van der Waals surface area contributed by atoms with Crippen molar-refractivity contribution in [3.63, 3.8) is 0 Å². The van der Waals surface area contributed by atoms with Crippen molar-refractivity contribution in [2.75, 3.05) is 6.61 Å². The zero-order valence-electron chi connectivity index (χ0n) is 16.4. The molecule has 5 nitrogen and oxygen atoms in total. The number of benzene rings is 1. The summed E-state index contributed by atoms with van der Waals surface area (Å²) in [6, 6.07) is 12.5. The van der Waals surface area contributed by atoms with Gasteiger partial charge in [-0.1, -0.05) is 18.2 Å². The summed E-state index contributed by atoms with van der Waals surface area (Å²) in [5, 5.41) is 4.03. The van der Waals surface area contributed by atoms with E-state index in [0.717, 1.165) is 23.9 Å². The summed E-state index contributed by atoms with van der Waals surface area (Å²) in [6.07, 6.45) is -0.164. The van der Waals surface area contributed by atoms with E-state index in [1.807, 2.05) is 18.3 Å². The molecule has 3 atom stereocenters. The topological polar surface area (TPSA) is 56.2 Å². The average molecular weight is 417 g/mol. The number of ether oxygens (including phenoxy) is 1. The van der Waals surface area contributed by atoms with Crippen LogP contribution in [0.3, 0.4) is 0 Å². The quantitative estimate of drug-likeness (QED) is 0.616. The number of rotatable bonds is 7. The number of nitrogens with one attached hydrogen (secondary N) is 1. The van der Waals surface area contributed by atoms with Crippen LogP contribution in [0.4, 0.5) is 13.2 Å². The molecule has 4 rings (SSSR count). The molecule has 1 N–H and O–H groups in total. The highest BCUT2D eigenvalue weighted by Crippen LogP contribution is 2.41. The number of para-hydroxylation sites is 1. The molecule has 1 aromatic carbocycles. The first-order valence-electron chi connectivity index (χ1n) is 9.80. The highest BCUT2D eigenvalue weighted by atomic mass is 19.4. The maximum atomic E-state index is 12.7. The Hall–Kier alpha value is -3.03. The predicted octanol–water partition coefficient (Wildman–Crippen LogP) is 4.49. The Kier molecular flexibility index (Phi) is 5.40. The van der Waals surface area contributed by atoms with Crippen LogP contribution in [0.5, 0.6) is 5.75 Å². The number of aromatic nitrogens is 2. The molecular formula is C22H22F3N3O2. The molecule has 3 aromatic rings. The van der Waals surface area contributed by atoms with Crippen LogP contribution < -0.4 is 10.1 Å². The van der Waals surface area contributed by atoms with Gasteiger partial charge in [0.1, 0.15) is 11.4 Å². The van der Waals surface area contributed by atoms with Gasteiger partial charge < -0.3 is 14.6 Å². The summed E-state index contributed by atoms with van der Waals surface area (Å²) >= 11 is 0. The zero-order chi connectivity index (χ0) is 21.3. The zero-order valence-corrected chi connectivity index (χ0v) is 16.4. The van der Waals surface area contributed by atoms with Crippen LogP contribution in [0, 0.1) is 11.8 Å². The van der Waals surface area contributed by atoms with E-state index < -0.39 is 18.8 Å². The molecule has 1 aliphatic carbocycles. The molecule has 0 unspecified atom stereocenters. The smallest absolute Gasteiger partial charge is 0.422 e. The number of halogens is 3. The number of carbonyl (C=O) groups excluding carboxylic acids is 1. The maximum absolute atomic E-state index is 12.7. The van der Waals surface area contributed by atoms with Crippen molar-refractivity contribution in [1.29, 1.82) is 0 Å². The van der Waals surface area contributed by atoms with Gasteiger partial charge in [-0.2, -0.15) is 13.2 Å². The Balaban J connectivity index is 1.36. The number of hydrogen-bond donors (Lipinski definition) is 1. The molecule has 30 heavy (non-hydrogen) atoms. The highest BCUT2D eigenvalue weighted by Gasteiger charge is 2.43. The minimum atomic E-state index is -4.44. The first-order chi connectivity index (χ1) is 14.3. The van der Waals surface area contributed by atoms with Crippen LogP contribution in [-0.4, -0.2) is 28.2 Å². The monoisotopic (exact) mass is 417 g/mol. The minimum Gasteiger partial charge on any atom is -0.482 e. The second-order valence-electron chi connectivity index (χ2n) is 7.65. The molecule has 2 aromatic heterocycles.